The van der Waals surface area contributed by atoms with Crippen molar-refractivity contribution in [3.8, 4) is 0 Å². The quantitative estimate of drug-likeness (QED) is 0.430. The monoisotopic (exact) mass is 242 g/mol. The van der Waals surface area contributed by atoms with Crippen molar-refractivity contribution >= 4 is 5.97 Å². The van der Waals surface area contributed by atoms with E-state index in [0.717, 1.165) is 21.0 Å². The van der Waals surface area contributed by atoms with E-state index in [-0.39, 0.29) is 6.92 Å². The highest BCUT2D eigenvalue weighted by Gasteiger charge is 2.63. The molecule has 0 unspecified atom stereocenters. The second kappa shape index (κ2) is 4.07. The van der Waals surface area contributed by atoms with Crippen LogP contribution in [-0.2, 0) is 9.53 Å². The predicted octanol–water partition coefficient (Wildman–Crippen LogP) is 3.03. The van der Waals surface area contributed by atoms with Crippen LogP contribution in [0.3, 0.4) is 0 Å². The predicted molar refractivity (Wildman–Crippen MR) is 50.5 cm³/mol. The number of hydrogen-bond acceptors (Lipinski definition) is 2. The van der Waals surface area contributed by atoms with Gasteiger partial charge < -0.3 is 4.74 Å². The van der Waals surface area contributed by atoms with Crippen LogP contribution in [-0.4, -0.2) is 24.9 Å². The zero-order valence-corrected chi connectivity index (χ0v) is 9.54. The van der Waals surface area contributed by atoms with Crippen molar-refractivity contribution in [2.75, 3.05) is 7.11 Å². The maximum atomic E-state index is 13.4. The Labute approximate surface area is 91.3 Å². The Hall–Kier alpha value is -1.07. The summed E-state index contributed by atoms with van der Waals surface area (Å²) >= 11 is 0. The third-order valence-electron chi connectivity index (χ3n) is 2.52. The molecule has 0 aromatic heterocycles. The van der Waals surface area contributed by atoms with Gasteiger partial charge >= 0.3 is 17.8 Å². The zero-order chi connectivity index (χ0) is 13.4. The first-order valence-corrected chi connectivity index (χ1v) is 4.43. The van der Waals surface area contributed by atoms with Crippen LogP contribution in [0, 0.1) is 5.41 Å². The summed E-state index contributed by atoms with van der Waals surface area (Å²) in [6.45, 7) is 4.83. The number of carbonyl (C=O) groups excluding carboxylic acids is 1. The van der Waals surface area contributed by atoms with Crippen LogP contribution in [0.5, 0.6) is 0 Å². The molecule has 0 rings (SSSR count). The summed E-state index contributed by atoms with van der Waals surface area (Å²) in [6.07, 6.45) is 0. The number of esters is 1. The molecule has 0 fully saturated rings. The van der Waals surface area contributed by atoms with Crippen molar-refractivity contribution in [1.82, 2.24) is 0 Å². The largest absolute Gasteiger partial charge is 0.466 e. The van der Waals surface area contributed by atoms with Gasteiger partial charge in [0, 0.05) is 12.5 Å². The minimum atomic E-state index is -4.40. The second-order valence-corrected chi connectivity index (χ2v) is 4.06. The van der Waals surface area contributed by atoms with Gasteiger partial charge in [-0.15, -0.1) is 0 Å². The molecular formula is C10H14F4O2. The zero-order valence-electron chi connectivity index (χ0n) is 9.54. The average Bonchev–Trinajstić information content (AvgIpc) is 2.13. The van der Waals surface area contributed by atoms with E-state index in [1.807, 2.05) is 0 Å². The molecule has 94 valence electrons. The van der Waals surface area contributed by atoms with Crippen molar-refractivity contribution in [2.45, 2.75) is 32.6 Å². The molecule has 2 nitrogen and oxygen atoms in total. The van der Waals surface area contributed by atoms with Gasteiger partial charge in [0.2, 0.25) is 0 Å². The van der Waals surface area contributed by atoms with E-state index in [4.69, 9.17) is 0 Å². The lowest BCUT2D eigenvalue weighted by molar-refractivity contribution is -0.243. The van der Waals surface area contributed by atoms with E-state index in [1.54, 1.807) is 0 Å². The maximum absolute atomic E-state index is 13.4. The van der Waals surface area contributed by atoms with E-state index in [0.29, 0.717) is 0 Å². The van der Waals surface area contributed by atoms with Crippen LogP contribution < -0.4 is 0 Å². The highest BCUT2D eigenvalue weighted by atomic mass is 19.3. The minimum Gasteiger partial charge on any atom is -0.466 e. The second-order valence-electron chi connectivity index (χ2n) is 4.06. The molecule has 6 heteroatoms. The molecule has 0 saturated heterocycles. The van der Waals surface area contributed by atoms with Gasteiger partial charge in [-0.25, -0.2) is 13.6 Å². The molecule has 0 N–H and O–H groups in total. The van der Waals surface area contributed by atoms with Crippen LogP contribution in [0.4, 0.5) is 17.6 Å². The molecule has 0 aliphatic heterocycles. The standard InChI is InChI=1S/C10H14F4O2/c1-6(7(15)16-5)8(2,3)10(13,14)9(4,11)12/h1H2,2-5H3. The van der Waals surface area contributed by atoms with E-state index in [9.17, 15) is 22.4 Å². The SMILES string of the molecule is C=C(C(=O)OC)C(C)(C)C(F)(F)C(C)(F)F. The summed E-state index contributed by atoms with van der Waals surface area (Å²) in [5.74, 6) is -9.78. The van der Waals surface area contributed by atoms with Gasteiger partial charge in [0.1, 0.15) is 0 Å². The molecule has 0 aromatic rings. The Morgan fingerprint density at radius 2 is 1.50 bits per heavy atom. The van der Waals surface area contributed by atoms with Crippen LogP contribution in [0.25, 0.3) is 0 Å². The lowest BCUT2D eigenvalue weighted by Crippen LogP contribution is -2.51. The molecule has 0 saturated carbocycles. The van der Waals surface area contributed by atoms with Crippen molar-refractivity contribution in [2.24, 2.45) is 5.41 Å². The Bertz CT molecular complexity index is 302. The molecule has 0 aliphatic carbocycles. The van der Waals surface area contributed by atoms with Gasteiger partial charge in [-0.1, -0.05) is 6.58 Å². The molecule has 0 spiro atoms. The van der Waals surface area contributed by atoms with E-state index < -0.39 is 28.8 Å². The van der Waals surface area contributed by atoms with Gasteiger partial charge in [-0.3, -0.25) is 0 Å². The number of ether oxygens (including phenoxy) is 1. The van der Waals surface area contributed by atoms with E-state index >= 15 is 0 Å². The van der Waals surface area contributed by atoms with Gasteiger partial charge in [0.25, 0.3) is 0 Å². The normalized spacial score (nSPS) is 13.5. The van der Waals surface area contributed by atoms with Crippen LogP contribution >= 0.6 is 0 Å². The molecule has 0 amide bonds. The number of carbonyl (C=O) groups is 1. The summed E-state index contributed by atoms with van der Waals surface area (Å²) in [5, 5.41) is 0. The van der Waals surface area contributed by atoms with Crippen LogP contribution in [0.1, 0.15) is 20.8 Å². The number of halogens is 4. The number of hydrogen-bond donors (Lipinski definition) is 0. The molecule has 0 bridgehead atoms. The third kappa shape index (κ3) is 2.20. The first-order valence-electron chi connectivity index (χ1n) is 4.43. The lowest BCUT2D eigenvalue weighted by Gasteiger charge is -2.37. The van der Waals surface area contributed by atoms with Crippen LogP contribution in [0.15, 0.2) is 12.2 Å². The van der Waals surface area contributed by atoms with Crippen molar-refractivity contribution in [3.63, 3.8) is 0 Å². The Balaban J connectivity index is 5.36. The fourth-order valence-electron chi connectivity index (χ4n) is 1.12. The highest BCUT2D eigenvalue weighted by molar-refractivity contribution is 5.89. The molecular weight excluding hydrogens is 228 g/mol. The number of alkyl halides is 4. The first kappa shape index (κ1) is 14.9. The lowest BCUT2D eigenvalue weighted by atomic mass is 9.76. The molecule has 0 heterocycles. The molecule has 16 heavy (non-hydrogen) atoms. The summed E-state index contributed by atoms with van der Waals surface area (Å²) in [4.78, 5) is 11.0. The average molecular weight is 242 g/mol. The topological polar surface area (TPSA) is 26.3 Å². The Morgan fingerprint density at radius 1 is 1.12 bits per heavy atom. The van der Waals surface area contributed by atoms with Gasteiger partial charge in [-0.05, 0) is 13.8 Å². The fourth-order valence-corrected chi connectivity index (χ4v) is 1.12. The molecule has 0 atom stereocenters. The maximum Gasteiger partial charge on any atom is 0.333 e. The summed E-state index contributed by atoms with van der Waals surface area (Å²) in [5.41, 5.74) is -3.08. The van der Waals surface area contributed by atoms with Gasteiger partial charge in [0.05, 0.1) is 12.5 Å². The van der Waals surface area contributed by atoms with Crippen molar-refractivity contribution in [3.05, 3.63) is 12.2 Å². The smallest absolute Gasteiger partial charge is 0.333 e. The summed E-state index contributed by atoms with van der Waals surface area (Å²) in [6, 6.07) is 0. The Kier molecular flexibility index (Phi) is 3.79. The third-order valence-corrected chi connectivity index (χ3v) is 2.52. The van der Waals surface area contributed by atoms with E-state index in [1.165, 1.54) is 0 Å². The molecule has 0 aromatic carbocycles. The number of methoxy groups -OCH3 is 1. The van der Waals surface area contributed by atoms with Gasteiger partial charge in [0.15, 0.2) is 0 Å². The van der Waals surface area contributed by atoms with Crippen molar-refractivity contribution < 1.29 is 27.1 Å². The van der Waals surface area contributed by atoms with Crippen molar-refractivity contribution in [1.29, 1.82) is 0 Å². The Morgan fingerprint density at radius 3 is 1.75 bits per heavy atom. The number of rotatable bonds is 4. The first-order chi connectivity index (χ1) is 6.89. The summed E-state index contributed by atoms with van der Waals surface area (Å²) < 4.78 is 56.6. The highest BCUT2D eigenvalue weighted by Crippen LogP contribution is 2.50. The fraction of sp³-hybridized carbons (Fsp3) is 0.700. The minimum absolute atomic E-state index is 0.0965. The van der Waals surface area contributed by atoms with E-state index in [2.05, 4.69) is 11.3 Å². The molecule has 0 radical (unpaired) electrons. The van der Waals surface area contributed by atoms with Gasteiger partial charge in [-0.2, -0.15) is 8.78 Å². The molecule has 0 aliphatic rings. The van der Waals surface area contributed by atoms with Crippen LogP contribution in [0.2, 0.25) is 0 Å². The summed E-state index contributed by atoms with van der Waals surface area (Å²) in [7, 11) is 0.964.